The molecule has 0 aliphatic heterocycles. The van der Waals surface area contributed by atoms with Crippen LogP contribution in [-0.2, 0) is 9.53 Å². The van der Waals surface area contributed by atoms with Crippen LogP contribution in [0.3, 0.4) is 0 Å². The second-order valence-corrected chi connectivity index (χ2v) is 5.24. The molecule has 100 valence electrons. The Balaban J connectivity index is 2.69. The van der Waals surface area contributed by atoms with E-state index < -0.39 is 0 Å². The van der Waals surface area contributed by atoms with Crippen LogP contribution in [0.2, 0.25) is 0 Å². The number of nitrogens with one attached hydrogen (secondary N) is 1. The van der Waals surface area contributed by atoms with Crippen molar-refractivity contribution < 1.29 is 9.53 Å². The van der Waals surface area contributed by atoms with Gasteiger partial charge in [-0.25, -0.2) is 0 Å². The van der Waals surface area contributed by atoms with Gasteiger partial charge in [-0.1, -0.05) is 37.3 Å². The number of hydrogen-bond acceptors (Lipinski definition) is 4. The fourth-order valence-corrected chi connectivity index (χ4v) is 3.10. The molecule has 0 saturated carbocycles. The summed E-state index contributed by atoms with van der Waals surface area (Å²) in [4.78, 5) is 11.2. The van der Waals surface area contributed by atoms with Crippen LogP contribution in [0, 0.1) is 0 Å². The highest BCUT2D eigenvalue weighted by Crippen LogP contribution is 2.28. The maximum Gasteiger partial charge on any atom is 0.315 e. The summed E-state index contributed by atoms with van der Waals surface area (Å²) in [5, 5.41) is 3.70. The number of carbonyl (C=O) groups excluding carboxylic acids is 1. The zero-order chi connectivity index (χ0) is 13.4. The molecule has 2 unspecified atom stereocenters. The fourth-order valence-electron chi connectivity index (χ4n) is 1.91. The second-order valence-electron chi connectivity index (χ2n) is 4.01. The number of benzene rings is 1. The van der Waals surface area contributed by atoms with Crippen LogP contribution in [0.4, 0.5) is 0 Å². The smallest absolute Gasteiger partial charge is 0.315 e. The van der Waals surface area contributed by atoms with E-state index in [0.717, 1.165) is 6.42 Å². The minimum absolute atomic E-state index is 0.165. The number of esters is 1. The van der Waals surface area contributed by atoms with Gasteiger partial charge < -0.3 is 10.1 Å². The van der Waals surface area contributed by atoms with E-state index in [9.17, 15) is 4.79 Å². The van der Waals surface area contributed by atoms with E-state index in [0.29, 0.717) is 11.0 Å². The Bertz CT molecular complexity index is 356. The number of hydrogen-bond donors (Lipinski definition) is 1. The maximum absolute atomic E-state index is 11.2. The fraction of sp³-hybridized carbons (Fsp3) is 0.500. The average molecular weight is 267 g/mol. The Morgan fingerprint density at radius 2 is 2.06 bits per heavy atom. The molecule has 0 amide bonds. The summed E-state index contributed by atoms with van der Waals surface area (Å²) in [6.45, 7) is 2.14. The van der Waals surface area contributed by atoms with Crippen LogP contribution >= 0.6 is 11.8 Å². The minimum atomic E-state index is -0.165. The topological polar surface area (TPSA) is 38.3 Å². The van der Waals surface area contributed by atoms with Gasteiger partial charge in [0.1, 0.15) is 0 Å². The molecule has 0 spiro atoms. The zero-order valence-electron chi connectivity index (χ0n) is 11.2. The average Bonchev–Trinajstić information content (AvgIpc) is 2.43. The van der Waals surface area contributed by atoms with Crippen molar-refractivity contribution in [3.05, 3.63) is 35.9 Å². The summed E-state index contributed by atoms with van der Waals surface area (Å²) in [6.07, 6.45) is 1.00. The summed E-state index contributed by atoms with van der Waals surface area (Å²) >= 11 is 1.64. The van der Waals surface area contributed by atoms with Crippen molar-refractivity contribution in [2.24, 2.45) is 0 Å². The first-order chi connectivity index (χ1) is 8.72. The molecule has 2 atom stereocenters. The Morgan fingerprint density at radius 3 is 2.56 bits per heavy atom. The van der Waals surface area contributed by atoms with E-state index in [-0.39, 0.29) is 12.0 Å². The summed E-state index contributed by atoms with van der Waals surface area (Å²) < 4.78 is 4.68. The molecule has 0 saturated heterocycles. The molecule has 1 aromatic rings. The number of rotatable bonds is 7. The monoisotopic (exact) mass is 267 g/mol. The van der Waals surface area contributed by atoms with E-state index in [1.54, 1.807) is 11.8 Å². The highest BCUT2D eigenvalue weighted by atomic mass is 32.2. The van der Waals surface area contributed by atoms with Gasteiger partial charge in [0.05, 0.1) is 12.9 Å². The highest BCUT2D eigenvalue weighted by molar-refractivity contribution is 8.00. The Kier molecular flexibility index (Phi) is 6.83. The predicted molar refractivity (Wildman–Crippen MR) is 76.8 cm³/mol. The van der Waals surface area contributed by atoms with Gasteiger partial charge in [0.2, 0.25) is 0 Å². The van der Waals surface area contributed by atoms with Crippen LogP contribution in [0.5, 0.6) is 0 Å². The molecule has 0 aliphatic rings. The van der Waals surface area contributed by atoms with Crippen LogP contribution < -0.4 is 5.32 Å². The first-order valence-electron chi connectivity index (χ1n) is 6.13. The normalized spacial score (nSPS) is 13.9. The largest absolute Gasteiger partial charge is 0.468 e. The Hall–Kier alpha value is -1.00. The molecule has 18 heavy (non-hydrogen) atoms. The molecule has 0 fully saturated rings. The molecule has 0 aliphatic carbocycles. The van der Waals surface area contributed by atoms with Gasteiger partial charge in [0.15, 0.2) is 0 Å². The van der Waals surface area contributed by atoms with Crippen molar-refractivity contribution in [1.82, 2.24) is 5.32 Å². The standard InChI is InChI=1S/C14H21NO2S/c1-4-12(18-10-13(16)17-3)14(15-2)11-8-6-5-7-9-11/h5-9,12,14-15H,4,10H2,1-3H3. The molecular formula is C14H21NO2S. The zero-order valence-corrected chi connectivity index (χ0v) is 12.0. The Labute approximate surface area is 113 Å². The summed E-state index contributed by atoms with van der Waals surface area (Å²) in [5.74, 6) is 0.237. The van der Waals surface area contributed by atoms with Crippen molar-refractivity contribution in [2.45, 2.75) is 24.6 Å². The number of ether oxygens (including phenoxy) is 1. The van der Waals surface area contributed by atoms with Gasteiger partial charge in [0, 0.05) is 11.3 Å². The first kappa shape index (κ1) is 15.1. The quantitative estimate of drug-likeness (QED) is 0.771. The van der Waals surface area contributed by atoms with Gasteiger partial charge in [-0.05, 0) is 19.0 Å². The SMILES string of the molecule is CCC(SCC(=O)OC)C(NC)c1ccccc1. The lowest BCUT2D eigenvalue weighted by Crippen LogP contribution is -2.28. The number of thioether (sulfide) groups is 1. The van der Waals surface area contributed by atoms with Crippen LogP contribution in [-0.4, -0.2) is 31.1 Å². The van der Waals surface area contributed by atoms with E-state index in [1.807, 2.05) is 25.2 Å². The lowest BCUT2D eigenvalue weighted by atomic mass is 10.0. The van der Waals surface area contributed by atoms with Crippen molar-refractivity contribution in [1.29, 1.82) is 0 Å². The molecule has 0 bridgehead atoms. The molecule has 0 radical (unpaired) electrons. The van der Waals surface area contributed by atoms with Crippen molar-refractivity contribution >= 4 is 17.7 Å². The molecule has 1 N–H and O–H groups in total. The second kappa shape index (κ2) is 8.16. The third kappa shape index (κ3) is 4.35. The van der Waals surface area contributed by atoms with Gasteiger partial charge in [0.25, 0.3) is 0 Å². The molecule has 1 aromatic carbocycles. The molecular weight excluding hydrogens is 246 g/mol. The van der Waals surface area contributed by atoms with Crippen LogP contribution in [0.25, 0.3) is 0 Å². The number of carbonyl (C=O) groups is 1. The van der Waals surface area contributed by atoms with Gasteiger partial charge >= 0.3 is 5.97 Å². The first-order valence-corrected chi connectivity index (χ1v) is 7.18. The van der Waals surface area contributed by atoms with Gasteiger partial charge in [-0.15, -0.1) is 11.8 Å². The third-order valence-electron chi connectivity index (χ3n) is 2.89. The third-order valence-corrected chi connectivity index (χ3v) is 4.32. The molecule has 3 nitrogen and oxygen atoms in total. The molecule has 4 heteroatoms. The van der Waals surface area contributed by atoms with Crippen LogP contribution in [0.1, 0.15) is 24.9 Å². The van der Waals surface area contributed by atoms with E-state index in [4.69, 9.17) is 0 Å². The highest BCUT2D eigenvalue weighted by Gasteiger charge is 2.21. The molecule has 0 heterocycles. The molecule has 1 rings (SSSR count). The maximum atomic E-state index is 11.2. The van der Waals surface area contributed by atoms with Crippen molar-refractivity contribution in [3.63, 3.8) is 0 Å². The predicted octanol–water partition coefficient (Wildman–Crippen LogP) is 2.63. The van der Waals surface area contributed by atoms with Crippen molar-refractivity contribution in [2.75, 3.05) is 19.9 Å². The van der Waals surface area contributed by atoms with E-state index in [2.05, 4.69) is 29.1 Å². The van der Waals surface area contributed by atoms with Crippen LogP contribution in [0.15, 0.2) is 30.3 Å². The summed E-state index contributed by atoms with van der Waals surface area (Å²) in [7, 11) is 3.38. The van der Waals surface area contributed by atoms with Crippen molar-refractivity contribution in [3.8, 4) is 0 Å². The summed E-state index contributed by atoms with van der Waals surface area (Å²) in [6, 6.07) is 10.6. The number of methoxy groups -OCH3 is 1. The van der Waals surface area contributed by atoms with Gasteiger partial charge in [-0.2, -0.15) is 0 Å². The Morgan fingerprint density at radius 1 is 1.39 bits per heavy atom. The van der Waals surface area contributed by atoms with E-state index >= 15 is 0 Å². The lowest BCUT2D eigenvalue weighted by Gasteiger charge is -2.25. The molecule has 0 aromatic heterocycles. The van der Waals surface area contributed by atoms with E-state index in [1.165, 1.54) is 12.7 Å². The summed E-state index contributed by atoms with van der Waals surface area (Å²) in [5.41, 5.74) is 1.25. The minimum Gasteiger partial charge on any atom is -0.468 e. The van der Waals surface area contributed by atoms with Gasteiger partial charge in [-0.3, -0.25) is 4.79 Å². The lowest BCUT2D eigenvalue weighted by molar-refractivity contribution is -0.137.